The van der Waals surface area contributed by atoms with Crippen molar-refractivity contribution in [2.24, 2.45) is 0 Å². The van der Waals surface area contributed by atoms with Crippen LogP contribution in [0.15, 0.2) is 41.4 Å². The van der Waals surface area contributed by atoms with Gasteiger partial charge in [-0.1, -0.05) is 0 Å². The number of ether oxygens (including phenoxy) is 2. The van der Waals surface area contributed by atoms with E-state index in [4.69, 9.17) is 14.7 Å². The average molecular weight is 400 g/mol. The zero-order valence-corrected chi connectivity index (χ0v) is 16.1. The fraction of sp³-hybridized carbons (Fsp3) is 0.368. The number of aromatic nitrogens is 1. The number of fused-ring (bicyclic) bond motifs is 1. The number of sulfonamides is 1. The Balaban J connectivity index is 1.47. The standard InChI is InChI=1S/C19H20N4O4S/c20-13-15-2-5-19(21-14-15)22-6-8-23(9-7-22)28(24,25)16-3-4-17-18(12-16)27-11-1-10-26-17/h2-5,12,14H,1,6-11H2. The van der Waals surface area contributed by atoms with Crippen LogP contribution in [0.2, 0.25) is 0 Å². The van der Waals surface area contributed by atoms with Crippen molar-refractivity contribution in [1.82, 2.24) is 9.29 Å². The number of hydrogen-bond donors (Lipinski definition) is 0. The summed E-state index contributed by atoms with van der Waals surface area (Å²) in [4.78, 5) is 6.51. The van der Waals surface area contributed by atoms with Crippen LogP contribution in [0, 0.1) is 11.3 Å². The highest BCUT2D eigenvalue weighted by Gasteiger charge is 2.30. The molecule has 0 radical (unpaired) electrons. The van der Waals surface area contributed by atoms with E-state index in [0.29, 0.717) is 56.5 Å². The van der Waals surface area contributed by atoms with E-state index in [2.05, 4.69) is 4.98 Å². The summed E-state index contributed by atoms with van der Waals surface area (Å²) in [6, 6.07) is 10.3. The normalized spacial score (nSPS) is 17.6. The van der Waals surface area contributed by atoms with Gasteiger partial charge in [-0.2, -0.15) is 9.57 Å². The molecule has 1 saturated heterocycles. The van der Waals surface area contributed by atoms with Gasteiger partial charge in [-0.15, -0.1) is 0 Å². The number of anilines is 1. The molecule has 1 aromatic heterocycles. The van der Waals surface area contributed by atoms with Gasteiger partial charge in [-0.05, 0) is 24.3 Å². The van der Waals surface area contributed by atoms with Crippen LogP contribution in [0.3, 0.4) is 0 Å². The molecule has 0 saturated carbocycles. The van der Waals surface area contributed by atoms with Gasteiger partial charge in [0.15, 0.2) is 11.5 Å². The molecule has 28 heavy (non-hydrogen) atoms. The molecule has 0 spiro atoms. The van der Waals surface area contributed by atoms with Crippen molar-refractivity contribution in [3.63, 3.8) is 0 Å². The van der Waals surface area contributed by atoms with E-state index in [1.165, 1.54) is 10.5 Å². The predicted molar refractivity (Wildman–Crippen MR) is 102 cm³/mol. The molecule has 0 amide bonds. The van der Waals surface area contributed by atoms with Gasteiger partial charge in [-0.3, -0.25) is 0 Å². The highest BCUT2D eigenvalue weighted by molar-refractivity contribution is 7.89. The molecule has 0 aliphatic carbocycles. The van der Waals surface area contributed by atoms with Gasteiger partial charge in [-0.25, -0.2) is 13.4 Å². The lowest BCUT2D eigenvalue weighted by Crippen LogP contribution is -2.48. The van der Waals surface area contributed by atoms with Crippen LogP contribution in [0.4, 0.5) is 5.82 Å². The van der Waals surface area contributed by atoms with Gasteiger partial charge in [0.05, 0.1) is 23.7 Å². The van der Waals surface area contributed by atoms with E-state index in [9.17, 15) is 8.42 Å². The van der Waals surface area contributed by atoms with Gasteiger partial charge in [0.2, 0.25) is 10.0 Å². The summed E-state index contributed by atoms with van der Waals surface area (Å²) in [5, 5.41) is 8.87. The molecule has 0 atom stereocenters. The number of pyridine rings is 1. The first kappa shape index (κ1) is 18.5. The molecule has 2 aliphatic heterocycles. The summed E-state index contributed by atoms with van der Waals surface area (Å²) in [5.41, 5.74) is 0.499. The first-order chi connectivity index (χ1) is 13.6. The van der Waals surface area contributed by atoms with Gasteiger partial charge in [0.1, 0.15) is 11.9 Å². The second kappa shape index (κ2) is 7.66. The Bertz CT molecular complexity index is 994. The number of nitriles is 1. The first-order valence-electron chi connectivity index (χ1n) is 9.09. The van der Waals surface area contributed by atoms with E-state index in [0.717, 1.165) is 12.2 Å². The number of rotatable bonds is 3. The van der Waals surface area contributed by atoms with Crippen LogP contribution in [-0.4, -0.2) is 57.1 Å². The zero-order chi connectivity index (χ0) is 19.6. The lowest BCUT2D eigenvalue weighted by Gasteiger charge is -2.34. The van der Waals surface area contributed by atoms with Gasteiger partial charge < -0.3 is 14.4 Å². The predicted octanol–water partition coefficient (Wildman–Crippen LogP) is 1.63. The molecule has 4 rings (SSSR count). The van der Waals surface area contributed by atoms with E-state index >= 15 is 0 Å². The maximum absolute atomic E-state index is 13.0. The van der Waals surface area contributed by atoms with Gasteiger partial charge in [0, 0.05) is 44.9 Å². The van der Waals surface area contributed by atoms with Crippen LogP contribution >= 0.6 is 0 Å². The minimum absolute atomic E-state index is 0.210. The molecule has 146 valence electrons. The highest BCUT2D eigenvalue weighted by atomic mass is 32.2. The molecule has 2 aliphatic rings. The monoisotopic (exact) mass is 400 g/mol. The van der Waals surface area contributed by atoms with E-state index in [-0.39, 0.29) is 4.90 Å². The van der Waals surface area contributed by atoms with Crippen LogP contribution in [0.25, 0.3) is 0 Å². The summed E-state index contributed by atoms with van der Waals surface area (Å²) in [5.74, 6) is 1.79. The molecular formula is C19H20N4O4S. The Labute approximate surface area is 164 Å². The number of hydrogen-bond acceptors (Lipinski definition) is 7. The second-order valence-electron chi connectivity index (χ2n) is 6.57. The third-order valence-electron chi connectivity index (χ3n) is 4.80. The Morgan fingerprint density at radius 3 is 2.43 bits per heavy atom. The van der Waals surface area contributed by atoms with Crippen molar-refractivity contribution in [2.75, 3.05) is 44.3 Å². The SMILES string of the molecule is N#Cc1ccc(N2CCN(S(=O)(=O)c3ccc4c(c3)OCCCO4)CC2)nc1. The largest absolute Gasteiger partial charge is 0.490 e. The lowest BCUT2D eigenvalue weighted by atomic mass is 10.3. The minimum atomic E-state index is -3.62. The van der Waals surface area contributed by atoms with Crippen molar-refractivity contribution < 1.29 is 17.9 Å². The molecule has 0 N–H and O–H groups in total. The summed E-state index contributed by atoms with van der Waals surface area (Å²) >= 11 is 0. The van der Waals surface area contributed by atoms with Crippen molar-refractivity contribution in [1.29, 1.82) is 5.26 Å². The fourth-order valence-corrected chi connectivity index (χ4v) is 4.69. The topological polar surface area (TPSA) is 95.8 Å². The lowest BCUT2D eigenvalue weighted by molar-refractivity contribution is 0.296. The third kappa shape index (κ3) is 3.61. The molecule has 2 aromatic rings. The molecule has 8 nitrogen and oxygen atoms in total. The molecule has 3 heterocycles. The quantitative estimate of drug-likeness (QED) is 0.772. The van der Waals surface area contributed by atoms with Crippen molar-refractivity contribution in [2.45, 2.75) is 11.3 Å². The smallest absolute Gasteiger partial charge is 0.243 e. The van der Waals surface area contributed by atoms with Crippen LogP contribution in [0.5, 0.6) is 11.5 Å². The first-order valence-corrected chi connectivity index (χ1v) is 10.5. The summed E-state index contributed by atoms with van der Waals surface area (Å²) in [6.07, 6.45) is 2.29. The Morgan fingerprint density at radius 2 is 1.75 bits per heavy atom. The summed E-state index contributed by atoms with van der Waals surface area (Å²) < 4.78 is 38.8. The van der Waals surface area contributed by atoms with Crippen LogP contribution < -0.4 is 14.4 Å². The molecule has 1 fully saturated rings. The molecule has 9 heteroatoms. The van der Waals surface area contributed by atoms with Crippen LogP contribution in [0.1, 0.15) is 12.0 Å². The number of benzene rings is 1. The van der Waals surface area contributed by atoms with Gasteiger partial charge in [0.25, 0.3) is 0 Å². The summed E-state index contributed by atoms with van der Waals surface area (Å²) in [7, 11) is -3.62. The Hall–Kier alpha value is -2.83. The van der Waals surface area contributed by atoms with Crippen molar-refractivity contribution in [3.05, 3.63) is 42.1 Å². The molecule has 0 bridgehead atoms. The van der Waals surface area contributed by atoms with Crippen LogP contribution in [-0.2, 0) is 10.0 Å². The second-order valence-corrected chi connectivity index (χ2v) is 8.50. The average Bonchev–Trinajstić information content (AvgIpc) is 2.99. The number of piperazine rings is 1. The fourth-order valence-electron chi connectivity index (χ4n) is 3.25. The molecular weight excluding hydrogens is 380 g/mol. The highest BCUT2D eigenvalue weighted by Crippen LogP contribution is 2.33. The molecule has 1 aromatic carbocycles. The zero-order valence-electron chi connectivity index (χ0n) is 15.2. The Kier molecular flexibility index (Phi) is 5.07. The van der Waals surface area contributed by atoms with Crippen molar-refractivity contribution in [3.8, 4) is 17.6 Å². The van der Waals surface area contributed by atoms with E-state index < -0.39 is 10.0 Å². The number of nitrogens with zero attached hydrogens (tertiary/aromatic N) is 4. The van der Waals surface area contributed by atoms with E-state index in [1.807, 2.05) is 11.0 Å². The maximum Gasteiger partial charge on any atom is 0.243 e. The third-order valence-corrected chi connectivity index (χ3v) is 6.69. The van der Waals surface area contributed by atoms with Gasteiger partial charge >= 0.3 is 0 Å². The molecule has 0 unspecified atom stereocenters. The Morgan fingerprint density at radius 1 is 1.00 bits per heavy atom. The van der Waals surface area contributed by atoms with Crippen molar-refractivity contribution >= 4 is 15.8 Å². The van der Waals surface area contributed by atoms with E-state index in [1.54, 1.807) is 30.3 Å². The minimum Gasteiger partial charge on any atom is -0.490 e. The maximum atomic E-state index is 13.0. The summed E-state index contributed by atoms with van der Waals surface area (Å²) in [6.45, 7) is 2.85.